The van der Waals surface area contributed by atoms with Crippen LogP contribution in [0.3, 0.4) is 0 Å². The van der Waals surface area contributed by atoms with Crippen molar-refractivity contribution in [1.29, 1.82) is 0 Å². The van der Waals surface area contributed by atoms with Gasteiger partial charge in [0.2, 0.25) is 5.95 Å². The number of thiophene rings is 1. The van der Waals surface area contributed by atoms with E-state index in [2.05, 4.69) is 53.8 Å². The molecule has 2 aromatic rings. The Kier molecular flexibility index (Phi) is 5.08. The van der Waals surface area contributed by atoms with Crippen molar-refractivity contribution >= 4 is 61.0 Å². The second kappa shape index (κ2) is 7.24. The van der Waals surface area contributed by atoms with Crippen molar-refractivity contribution in [2.24, 2.45) is 5.41 Å². The van der Waals surface area contributed by atoms with Crippen molar-refractivity contribution in [3.63, 3.8) is 0 Å². The highest BCUT2D eigenvalue weighted by atomic mass is 79.9. The van der Waals surface area contributed by atoms with Gasteiger partial charge in [0.25, 0.3) is 0 Å². The Morgan fingerprint density at radius 3 is 2.66 bits per heavy atom. The molecule has 0 aromatic carbocycles. The van der Waals surface area contributed by atoms with Gasteiger partial charge in [0.15, 0.2) is 5.82 Å². The van der Waals surface area contributed by atoms with E-state index in [1.54, 1.807) is 11.3 Å². The number of anilines is 2. The van der Waals surface area contributed by atoms with Crippen LogP contribution in [0.4, 0.5) is 11.8 Å². The van der Waals surface area contributed by atoms with Gasteiger partial charge in [0, 0.05) is 35.2 Å². The average molecular weight is 498 g/mol. The molecule has 0 radical (unpaired) electrons. The van der Waals surface area contributed by atoms with E-state index in [9.17, 15) is 0 Å². The quantitative estimate of drug-likeness (QED) is 0.605. The summed E-state index contributed by atoms with van der Waals surface area (Å²) in [6.45, 7) is 10.8. The zero-order chi connectivity index (χ0) is 20.4. The molecule has 2 aliphatic heterocycles. The summed E-state index contributed by atoms with van der Waals surface area (Å²) in [6, 6.07) is 0.480. The summed E-state index contributed by atoms with van der Waals surface area (Å²) in [5, 5.41) is 3.59. The number of fused-ring (bicyclic) bond motifs is 1. The van der Waals surface area contributed by atoms with Gasteiger partial charge >= 0.3 is 0 Å². The Morgan fingerprint density at radius 1 is 1.24 bits per heavy atom. The molecule has 5 nitrogen and oxygen atoms in total. The maximum absolute atomic E-state index is 6.17. The number of nitrogens with one attached hydrogen (secondary N) is 1. The molecule has 2 aromatic heterocycles. The van der Waals surface area contributed by atoms with Gasteiger partial charge in [-0.1, -0.05) is 0 Å². The third-order valence-corrected chi connectivity index (χ3v) is 9.56. The number of halogens is 1. The van der Waals surface area contributed by atoms with Crippen LogP contribution in [-0.2, 0) is 4.74 Å². The zero-order valence-electron chi connectivity index (χ0n) is 17.5. The minimum atomic E-state index is -0.0472. The Morgan fingerprint density at radius 2 is 2.00 bits per heavy atom. The lowest BCUT2D eigenvalue weighted by molar-refractivity contribution is -0.150. The topological polar surface area (TPSA) is 50.3 Å². The van der Waals surface area contributed by atoms with E-state index >= 15 is 0 Å². The zero-order valence-corrected chi connectivity index (χ0v) is 20.8. The molecule has 1 aliphatic carbocycles. The molecule has 5 rings (SSSR count). The van der Waals surface area contributed by atoms with Crippen molar-refractivity contribution in [3.05, 3.63) is 9.35 Å². The Labute approximate surface area is 189 Å². The predicted molar refractivity (Wildman–Crippen MR) is 128 cm³/mol. The standard InChI is InChI=1S/C21H29BrN4OS2/c1-12-15(22)16-17(29-12)18(25-19(24-16)23-13-5-6-28-9-13)26-10-21(11-26)7-14(8-21)27-20(2,3)4/h13-14H,5-11H2,1-4H3,(H,23,24,25). The van der Waals surface area contributed by atoms with Crippen LogP contribution >= 0.6 is 39.0 Å². The number of ether oxygens (including phenoxy) is 1. The SMILES string of the molecule is Cc1sc2c(N3CC4(CC(OC(C)(C)C)C4)C3)nc(NC3CCSC3)nc2c1Br. The third-order valence-electron chi connectivity index (χ3n) is 6.08. The van der Waals surface area contributed by atoms with Crippen molar-refractivity contribution < 1.29 is 4.74 Å². The molecule has 4 heterocycles. The largest absolute Gasteiger partial charge is 0.373 e. The second-order valence-corrected chi connectivity index (χ2v) is 13.0. The number of rotatable bonds is 4. The van der Waals surface area contributed by atoms with Gasteiger partial charge < -0.3 is 15.0 Å². The van der Waals surface area contributed by atoms with Crippen LogP contribution in [0.2, 0.25) is 0 Å². The number of hydrogen-bond donors (Lipinski definition) is 1. The lowest BCUT2D eigenvalue weighted by Crippen LogP contribution is -2.65. The number of aryl methyl sites for hydroxylation is 1. The smallest absolute Gasteiger partial charge is 0.225 e. The molecule has 1 unspecified atom stereocenters. The Hall–Kier alpha value is -0.570. The van der Waals surface area contributed by atoms with Gasteiger partial charge in [-0.3, -0.25) is 0 Å². The molecule has 0 bridgehead atoms. The second-order valence-electron chi connectivity index (χ2n) is 9.84. The number of hydrogen-bond acceptors (Lipinski definition) is 7. The summed E-state index contributed by atoms with van der Waals surface area (Å²) >= 11 is 7.56. The lowest BCUT2D eigenvalue weighted by Gasteiger charge is -2.59. The van der Waals surface area contributed by atoms with E-state index in [1.807, 2.05) is 11.8 Å². The summed E-state index contributed by atoms with van der Waals surface area (Å²) in [5.74, 6) is 4.25. The van der Waals surface area contributed by atoms with Crippen LogP contribution in [0.1, 0.15) is 44.9 Å². The van der Waals surface area contributed by atoms with E-state index in [-0.39, 0.29) is 5.60 Å². The highest BCUT2D eigenvalue weighted by Gasteiger charge is 2.54. The molecule has 2 saturated heterocycles. The van der Waals surface area contributed by atoms with Crippen LogP contribution in [0.15, 0.2) is 4.47 Å². The Balaban J connectivity index is 1.35. The fraction of sp³-hybridized carbons (Fsp3) is 0.714. The van der Waals surface area contributed by atoms with Gasteiger partial charge in [0.05, 0.1) is 20.9 Å². The first kappa shape index (κ1) is 20.3. The lowest BCUT2D eigenvalue weighted by atomic mass is 9.61. The molecule has 8 heteroatoms. The highest BCUT2D eigenvalue weighted by Crippen LogP contribution is 2.53. The summed E-state index contributed by atoms with van der Waals surface area (Å²) in [4.78, 5) is 13.6. The van der Waals surface area contributed by atoms with Crippen LogP contribution in [0.25, 0.3) is 10.2 Å². The number of thioether (sulfide) groups is 1. The van der Waals surface area contributed by atoms with E-state index in [0.29, 0.717) is 17.6 Å². The van der Waals surface area contributed by atoms with E-state index in [0.717, 1.165) is 40.6 Å². The van der Waals surface area contributed by atoms with Crippen LogP contribution in [-0.4, -0.2) is 52.3 Å². The van der Waals surface area contributed by atoms with E-state index in [4.69, 9.17) is 14.7 Å². The summed E-state index contributed by atoms with van der Waals surface area (Å²) in [5.41, 5.74) is 1.43. The van der Waals surface area contributed by atoms with Gasteiger partial charge in [-0.15, -0.1) is 11.3 Å². The van der Waals surface area contributed by atoms with Gasteiger partial charge in [0.1, 0.15) is 5.52 Å². The number of aromatic nitrogens is 2. The maximum atomic E-state index is 6.17. The molecule has 0 amide bonds. The molecule has 158 valence electrons. The summed E-state index contributed by atoms with van der Waals surface area (Å²) in [6.07, 6.45) is 3.95. The molecular formula is C21H29BrN4OS2. The van der Waals surface area contributed by atoms with Crippen LogP contribution in [0, 0.1) is 12.3 Å². The van der Waals surface area contributed by atoms with Crippen molar-refractivity contribution in [1.82, 2.24) is 9.97 Å². The molecule has 1 atom stereocenters. The van der Waals surface area contributed by atoms with Crippen LogP contribution in [0.5, 0.6) is 0 Å². The Bertz CT molecular complexity index is 921. The van der Waals surface area contributed by atoms with Crippen molar-refractivity contribution in [3.8, 4) is 0 Å². The molecule has 29 heavy (non-hydrogen) atoms. The van der Waals surface area contributed by atoms with Crippen molar-refractivity contribution in [2.45, 2.75) is 64.7 Å². The normalized spacial score (nSPS) is 24.2. The van der Waals surface area contributed by atoms with Gasteiger partial charge in [-0.05, 0) is 68.6 Å². The molecule has 1 spiro atoms. The first-order valence-corrected chi connectivity index (χ1v) is 13.2. The van der Waals surface area contributed by atoms with Crippen LogP contribution < -0.4 is 10.2 Å². The van der Waals surface area contributed by atoms with Crippen molar-refractivity contribution in [2.75, 3.05) is 34.8 Å². The number of nitrogens with zero attached hydrogens (tertiary/aromatic N) is 3. The molecule has 3 fully saturated rings. The first-order chi connectivity index (χ1) is 13.7. The molecule has 3 aliphatic rings. The molecule has 1 saturated carbocycles. The fourth-order valence-electron chi connectivity index (χ4n) is 4.82. The maximum Gasteiger partial charge on any atom is 0.225 e. The van der Waals surface area contributed by atoms with Gasteiger partial charge in [-0.25, -0.2) is 4.98 Å². The minimum absolute atomic E-state index is 0.0472. The minimum Gasteiger partial charge on any atom is -0.373 e. The third kappa shape index (κ3) is 3.90. The first-order valence-electron chi connectivity index (χ1n) is 10.5. The fourth-order valence-corrected chi connectivity index (χ4v) is 7.63. The molecule has 1 N–H and O–H groups in total. The average Bonchev–Trinajstić information content (AvgIpc) is 3.17. The van der Waals surface area contributed by atoms with E-state index in [1.165, 1.54) is 34.6 Å². The highest BCUT2D eigenvalue weighted by molar-refractivity contribution is 9.10. The predicted octanol–water partition coefficient (Wildman–Crippen LogP) is 5.46. The van der Waals surface area contributed by atoms with Gasteiger partial charge in [-0.2, -0.15) is 16.7 Å². The summed E-state index contributed by atoms with van der Waals surface area (Å²) < 4.78 is 8.49. The monoisotopic (exact) mass is 496 g/mol. The summed E-state index contributed by atoms with van der Waals surface area (Å²) in [7, 11) is 0. The van der Waals surface area contributed by atoms with E-state index < -0.39 is 0 Å². The molecular weight excluding hydrogens is 468 g/mol.